The van der Waals surface area contributed by atoms with Gasteiger partial charge in [0.1, 0.15) is 0 Å². The van der Waals surface area contributed by atoms with Crippen LogP contribution in [0.3, 0.4) is 0 Å². The van der Waals surface area contributed by atoms with Gasteiger partial charge in [-0.1, -0.05) is 12.1 Å². The number of alkyl halides is 2. The van der Waals surface area contributed by atoms with Crippen molar-refractivity contribution < 1.29 is 23.6 Å². The topological polar surface area (TPSA) is 52.9 Å². The Labute approximate surface area is 104 Å². The first-order valence-corrected chi connectivity index (χ1v) is 5.70. The van der Waals surface area contributed by atoms with E-state index in [1.54, 1.807) is 0 Å². The van der Waals surface area contributed by atoms with Gasteiger partial charge in [-0.15, -0.1) is 0 Å². The molecule has 0 aliphatic carbocycles. The number of morpholine rings is 1. The molecule has 1 heterocycles. The number of hydrogen-bond donors (Lipinski definition) is 2. The van der Waals surface area contributed by atoms with Crippen molar-refractivity contribution in [2.24, 2.45) is 0 Å². The van der Waals surface area contributed by atoms with E-state index in [1.807, 2.05) is 4.90 Å². The maximum absolute atomic E-state index is 13.0. The number of halogens is 2. The lowest BCUT2D eigenvalue weighted by Gasteiger charge is -2.30. The molecule has 2 N–H and O–H groups in total. The highest BCUT2D eigenvalue weighted by Crippen LogP contribution is 2.29. The maximum atomic E-state index is 13.0. The fourth-order valence-corrected chi connectivity index (χ4v) is 2.00. The smallest absolute Gasteiger partial charge is 0.423 e. The van der Waals surface area contributed by atoms with Crippen LogP contribution >= 0.6 is 0 Å². The number of hydrogen-bond acceptors (Lipinski definition) is 4. The van der Waals surface area contributed by atoms with Gasteiger partial charge in [0, 0.05) is 24.3 Å². The number of anilines is 1. The van der Waals surface area contributed by atoms with Gasteiger partial charge in [0.2, 0.25) is 0 Å². The molecular weight excluding hydrogens is 243 g/mol. The highest BCUT2D eigenvalue weighted by atomic mass is 19.3. The summed E-state index contributed by atoms with van der Waals surface area (Å²) in [6, 6.07) is 4.09. The van der Waals surface area contributed by atoms with Crippen molar-refractivity contribution in [2.45, 2.75) is 6.43 Å². The first kappa shape index (κ1) is 13.3. The Bertz CT molecular complexity index is 411. The molecule has 1 fully saturated rings. The maximum Gasteiger partial charge on any atom is 0.488 e. The second kappa shape index (κ2) is 5.64. The van der Waals surface area contributed by atoms with E-state index in [-0.39, 0.29) is 11.0 Å². The van der Waals surface area contributed by atoms with Crippen LogP contribution in [0.5, 0.6) is 0 Å². The second-order valence-corrected chi connectivity index (χ2v) is 4.09. The number of nitrogens with zero attached hydrogens (tertiary/aromatic N) is 1. The van der Waals surface area contributed by atoms with Crippen molar-refractivity contribution in [3.63, 3.8) is 0 Å². The first-order chi connectivity index (χ1) is 8.59. The van der Waals surface area contributed by atoms with Gasteiger partial charge in [0.25, 0.3) is 6.43 Å². The average molecular weight is 257 g/mol. The predicted molar refractivity (Wildman–Crippen MR) is 64.3 cm³/mol. The molecule has 98 valence electrons. The van der Waals surface area contributed by atoms with Gasteiger partial charge >= 0.3 is 7.12 Å². The molecule has 0 atom stereocenters. The summed E-state index contributed by atoms with van der Waals surface area (Å²) in [5.74, 6) is 0. The molecule has 18 heavy (non-hydrogen) atoms. The molecule has 0 aromatic heterocycles. The third kappa shape index (κ3) is 2.80. The molecule has 1 aliphatic heterocycles. The monoisotopic (exact) mass is 257 g/mol. The predicted octanol–water partition coefficient (Wildman–Crippen LogP) is 0.141. The Morgan fingerprint density at radius 3 is 2.44 bits per heavy atom. The average Bonchev–Trinajstić information content (AvgIpc) is 2.39. The van der Waals surface area contributed by atoms with E-state index in [0.717, 1.165) is 6.07 Å². The van der Waals surface area contributed by atoms with Crippen molar-refractivity contribution in [1.29, 1.82) is 0 Å². The number of benzene rings is 1. The second-order valence-electron chi connectivity index (χ2n) is 4.09. The lowest BCUT2D eigenvalue weighted by molar-refractivity contribution is 0.121. The fourth-order valence-electron chi connectivity index (χ4n) is 2.00. The zero-order chi connectivity index (χ0) is 13.1. The minimum atomic E-state index is -2.65. The molecule has 4 nitrogen and oxygen atoms in total. The fraction of sp³-hybridized carbons (Fsp3) is 0.455. The van der Waals surface area contributed by atoms with E-state index in [0.29, 0.717) is 32.0 Å². The molecule has 1 saturated heterocycles. The molecule has 0 spiro atoms. The van der Waals surface area contributed by atoms with Crippen LogP contribution in [-0.2, 0) is 4.74 Å². The van der Waals surface area contributed by atoms with E-state index in [2.05, 4.69) is 0 Å². The van der Waals surface area contributed by atoms with Crippen LogP contribution in [0.25, 0.3) is 0 Å². The molecule has 0 bridgehead atoms. The largest absolute Gasteiger partial charge is 0.488 e. The zero-order valence-corrected chi connectivity index (χ0v) is 9.72. The van der Waals surface area contributed by atoms with E-state index < -0.39 is 13.5 Å². The third-order valence-electron chi connectivity index (χ3n) is 2.94. The summed E-state index contributed by atoms with van der Waals surface area (Å²) in [6.07, 6.45) is -2.65. The van der Waals surface area contributed by atoms with E-state index in [4.69, 9.17) is 14.8 Å². The summed E-state index contributed by atoms with van der Waals surface area (Å²) in [5.41, 5.74) is 0.322. The number of ether oxygens (including phenoxy) is 1. The summed E-state index contributed by atoms with van der Waals surface area (Å²) >= 11 is 0. The molecular formula is C11H14BF2NO3. The first-order valence-electron chi connectivity index (χ1n) is 5.70. The summed E-state index contributed by atoms with van der Waals surface area (Å²) in [5, 5.41) is 18.0. The van der Waals surface area contributed by atoms with E-state index in [9.17, 15) is 8.78 Å². The minimum absolute atomic E-state index is 0.0716. The van der Waals surface area contributed by atoms with Crippen LogP contribution in [-0.4, -0.2) is 43.5 Å². The number of rotatable bonds is 3. The van der Waals surface area contributed by atoms with Crippen molar-refractivity contribution >= 4 is 18.3 Å². The Hall–Kier alpha value is -1.18. The Morgan fingerprint density at radius 2 is 1.89 bits per heavy atom. The van der Waals surface area contributed by atoms with Gasteiger partial charge in [-0.3, -0.25) is 0 Å². The van der Waals surface area contributed by atoms with Gasteiger partial charge in [0.15, 0.2) is 0 Å². The molecule has 0 amide bonds. The van der Waals surface area contributed by atoms with Gasteiger partial charge in [-0.25, -0.2) is 8.78 Å². The molecule has 0 unspecified atom stereocenters. The van der Waals surface area contributed by atoms with Crippen LogP contribution in [0, 0.1) is 0 Å². The van der Waals surface area contributed by atoms with Gasteiger partial charge in [-0.2, -0.15) is 0 Å². The molecule has 1 aromatic carbocycles. The summed E-state index contributed by atoms with van der Waals surface area (Å²) < 4.78 is 31.2. The van der Waals surface area contributed by atoms with Crippen molar-refractivity contribution in [3.8, 4) is 0 Å². The third-order valence-corrected chi connectivity index (χ3v) is 2.94. The lowest BCUT2D eigenvalue weighted by Crippen LogP contribution is -2.37. The standard InChI is InChI=1S/C11H14BF2NO3/c13-11(14)9-7-8(12(16)17)1-2-10(9)15-3-5-18-6-4-15/h1-2,7,11,16-17H,3-6H2. The molecule has 2 rings (SSSR count). The van der Waals surface area contributed by atoms with Crippen molar-refractivity contribution in [1.82, 2.24) is 0 Å². The highest BCUT2D eigenvalue weighted by molar-refractivity contribution is 6.58. The Balaban J connectivity index is 2.33. The van der Waals surface area contributed by atoms with E-state index >= 15 is 0 Å². The normalized spacial score (nSPS) is 16.2. The molecule has 7 heteroatoms. The molecule has 1 aliphatic rings. The van der Waals surface area contributed by atoms with Gasteiger partial charge in [-0.05, 0) is 11.5 Å². The van der Waals surface area contributed by atoms with Crippen LogP contribution in [0.2, 0.25) is 0 Å². The van der Waals surface area contributed by atoms with Crippen molar-refractivity contribution in [2.75, 3.05) is 31.2 Å². The lowest BCUT2D eigenvalue weighted by atomic mass is 9.79. The molecule has 0 radical (unpaired) electrons. The van der Waals surface area contributed by atoms with Crippen molar-refractivity contribution in [3.05, 3.63) is 23.8 Å². The zero-order valence-electron chi connectivity index (χ0n) is 9.72. The summed E-state index contributed by atoms with van der Waals surface area (Å²) in [4.78, 5) is 1.82. The molecule has 0 saturated carbocycles. The van der Waals surface area contributed by atoms with Crippen LogP contribution < -0.4 is 10.4 Å². The highest BCUT2D eigenvalue weighted by Gasteiger charge is 2.22. The van der Waals surface area contributed by atoms with Crippen LogP contribution in [0.1, 0.15) is 12.0 Å². The summed E-state index contributed by atoms with van der Waals surface area (Å²) in [7, 11) is -1.73. The summed E-state index contributed by atoms with van der Waals surface area (Å²) in [6.45, 7) is 2.13. The quantitative estimate of drug-likeness (QED) is 0.756. The van der Waals surface area contributed by atoms with Gasteiger partial charge < -0.3 is 19.7 Å². The van der Waals surface area contributed by atoms with Gasteiger partial charge in [0.05, 0.1) is 13.2 Å². The minimum Gasteiger partial charge on any atom is -0.423 e. The van der Waals surface area contributed by atoms with E-state index in [1.165, 1.54) is 12.1 Å². The van der Waals surface area contributed by atoms with Crippen LogP contribution in [0.15, 0.2) is 18.2 Å². The molecule has 1 aromatic rings. The Kier molecular flexibility index (Phi) is 4.16. The Morgan fingerprint density at radius 1 is 1.22 bits per heavy atom. The SMILES string of the molecule is OB(O)c1ccc(N2CCOCC2)c(C(F)F)c1. The van der Waals surface area contributed by atoms with Crippen LogP contribution in [0.4, 0.5) is 14.5 Å².